The van der Waals surface area contributed by atoms with E-state index in [9.17, 15) is 0 Å². The highest BCUT2D eigenvalue weighted by Gasteiger charge is 2.19. The number of benzene rings is 1. The molecule has 4 aromatic rings. The predicted molar refractivity (Wildman–Crippen MR) is 134 cm³/mol. The molecule has 1 saturated heterocycles. The van der Waals surface area contributed by atoms with Crippen molar-refractivity contribution in [2.24, 2.45) is 5.73 Å². The number of aryl methyl sites for hydroxylation is 1. The van der Waals surface area contributed by atoms with E-state index in [1.165, 1.54) is 0 Å². The zero-order valence-corrected chi connectivity index (χ0v) is 19.3. The molecule has 0 spiro atoms. The van der Waals surface area contributed by atoms with Gasteiger partial charge in [0, 0.05) is 37.0 Å². The van der Waals surface area contributed by atoms with Crippen LogP contribution in [0.5, 0.6) is 10.8 Å². The van der Waals surface area contributed by atoms with E-state index in [0.717, 1.165) is 58.8 Å². The van der Waals surface area contributed by atoms with Crippen molar-refractivity contribution in [1.82, 2.24) is 15.0 Å². The Bertz CT molecular complexity index is 1210. The van der Waals surface area contributed by atoms with Gasteiger partial charge in [0.05, 0.1) is 16.9 Å². The Morgan fingerprint density at radius 1 is 1.12 bits per heavy atom. The quantitative estimate of drug-likeness (QED) is 0.392. The number of ether oxygens (including phenoxy) is 1. The van der Waals surface area contributed by atoms with Gasteiger partial charge in [0.2, 0.25) is 5.06 Å². The van der Waals surface area contributed by atoms with Crippen molar-refractivity contribution in [2.45, 2.75) is 25.8 Å². The molecular formula is C25H26N6OS. The second kappa shape index (κ2) is 9.56. The molecule has 3 N–H and O–H groups in total. The summed E-state index contributed by atoms with van der Waals surface area (Å²) in [6, 6.07) is 18.1. The van der Waals surface area contributed by atoms with Gasteiger partial charge in [-0.1, -0.05) is 48.6 Å². The van der Waals surface area contributed by atoms with Gasteiger partial charge in [-0.25, -0.2) is 15.0 Å². The second-order valence-corrected chi connectivity index (χ2v) is 9.01. The summed E-state index contributed by atoms with van der Waals surface area (Å²) in [4.78, 5) is 16.0. The normalized spacial score (nSPS) is 15.6. The average molecular weight is 459 g/mol. The number of nitrogens with one attached hydrogen (secondary N) is 1. The summed E-state index contributed by atoms with van der Waals surface area (Å²) in [7, 11) is 0. The maximum Gasteiger partial charge on any atom is 0.208 e. The maximum absolute atomic E-state index is 6.26. The predicted octanol–water partition coefficient (Wildman–Crippen LogP) is 5.24. The molecule has 33 heavy (non-hydrogen) atoms. The maximum atomic E-state index is 6.26. The van der Waals surface area contributed by atoms with Gasteiger partial charge in [-0.15, -0.1) is 0 Å². The van der Waals surface area contributed by atoms with Crippen LogP contribution in [0.4, 0.5) is 17.3 Å². The number of hydrogen-bond acceptors (Lipinski definition) is 8. The number of hydrogen-bond donors (Lipinski definition) is 2. The highest BCUT2D eigenvalue weighted by molar-refractivity contribution is 7.14. The summed E-state index contributed by atoms with van der Waals surface area (Å²) in [6.07, 6.45) is 5.47. The minimum atomic E-state index is 0.240. The Kier molecular flexibility index (Phi) is 6.19. The van der Waals surface area contributed by atoms with Crippen molar-refractivity contribution >= 4 is 28.7 Å². The number of pyridine rings is 2. The van der Waals surface area contributed by atoms with Crippen molar-refractivity contribution in [3.8, 4) is 22.1 Å². The molecule has 1 atom stereocenters. The number of aromatic nitrogens is 3. The average Bonchev–Trinajstić information content (AvgIpc) is 3.46. The second-order valence-electron chi connectivity index (χ2n) is 7.96. The molecule has 7 nitrogen and oxygen atoms in total. The Morgan fingerprint density at radius 2 is 2.00 bits per heavy atom. The fourth-order valence-corrected chi connectivity index (χ4v) is 4.69. The molecule has 1 aromatic carbocycles. The number of nitrogens with two attached hydrogens (primary N) is 1. The van der Waals surface area contributed by atoms with Crippen LogP contribution in [0.1, 0.15) is 18.4 Å². The molecule has 5 rings (SSSR count). The molecule has 8 heteroatoms. The topological polar surface area (TPSA) is 89.2 Å². The van der Waals surface area contributed by atoms with Gasteiger partial charge in [-0.3, -0.25) is 0 Å². The van der Waals surface area contributed by atoms with E-state index in [4.69, 9.17) is 15.5 Å². The van der Waals surface area contributed by atoms with Gasteiger partial charge >= 0.3 is 0 Å². The smallest absolute Gasteiger partial charge is 0.208 e. The van der Waals surface area contributed by atoms with Gasteiger partial charge in [0.1, 0.15) is 23.1 Å². The first-order chi connectivity index (χ1) is 16.2. The monoisotopic (exact) mass is 458 g/mol. The van der Waals surface area contributed by atoms with E-state index in [0.29, 0.717) is 11.6 Å². The first kappa shape index (κ1) is 21.4. The summed E-state index contributed by atoms with van der Waals surface area (Å²) in [5.41, 5.74) is 9.01. The van der Waals surface area contributed by atoms with Crippen LogP contribution in [-0.4, -0.2) is 34.1 Å². The SMILES string of the molecule is CCc1nc(-c2ccccc2)c(Oc2ccnc(Nc3ccc(N4CCC(N)C4)cn3)c2)s1. The van der Waals surface area contributed by atoms with E-state index >= 15 is 0 Å². The molecule has 0 aliphatic carbocycles. The number of thiazole rings is 1. The Labute approximate surface area is 197 Å². The largest absolute Gasteiger partial charge is 0.444 e. The standard InChI is InChI=1S/C25H26N6OS/c1-2-23-30-24(17-6-4-3-5-7-17)25(33-23)32-20-10-12-27-22(14-20)29-21-9-8-19(15-28-21)31-13-11-18(26)16-31/h3-10,12,14-15,18H,2,11,13,16,26H2,1H3,(H,27,28,29). The van der Waals surface area contributed by atoms with Crippen molar-refractivity contribution in [2.75, 3.05) is 23.3 Å². The van der Waals surface area contributed by atoms with E-state index in [1.54, 1.807) is 17.5 Å². The fourth-order valence-electron chi connectivity index (χ4n) is 3.80. The van der Waals surface area contributed by atoms with Gasteiger partial charge < -0.3 is 20.7 Å². The Balaban J connectivity index is 1.32. The van der Waals surface area contributed by atoms with Gasteiger partial charge in [-0.2, -0.15) is 0 Å². The lowest BCUT2D eigenvalue weighted by molar-refractivity contribution is 0.496. The molecule has 0 amide bonds. The summed E-state index contributed by atoms with van der Waals surface area (Å²) >= 11 is 1.57. The first-order valence-electron chi connectivity index (χ1n) is 11.1. The number of nitrogens with zero attached hydrogens (tertiary/aromatic N) is 4. The number of rotatable bonds is 7. The highest BCUT2D eigenvalue weighted by Crippen LogP contribution is 2.38. The summed E-state index contributed by atoms with van der Waals surface area (Å²) in [6.45, 7) is 3.94. The van der Waals surface area contributed by atoms with Gasteiger partial charge in [0.15, 0.2) is 0 Å². The van der Waals surface area contributed by atoms with E-state index in [2.05, 4.69) is 33.2 Å². The van der Waals surface area contributed by atoms with Crippen LogP contribution in [0.2, 0.25) is 0 Å². The lowest BCUT2D eigenvalue weighted by atomic mass is 10.2. The minimum absolute atomic E-state index is 0.240. The van der Waals surface area contributed by atoms with Crippen LogP contribution in [-0.2, 0) is 6.42 Å². The molecule has 0 radical (unpaired) electrons. The van der Waals surface area contributed by atoms with Crippen LogP contribution in [0.25, 0.3) is 11.3 Å². The van der Waals surface area contributed by atoms with Crippen LogP contribution in [0.15, 0.2) is 67.0 Å². The third kappa shape index (κ3) is 4.97. The fraction of sp³-hybridized carbons (Fsp3) is 0.240. The van der Waals surface area contributed by atoms with Crippen LogP contribution in [0, 0.1) is 0 Å². The molecule has 1 fully saturated rings. The van der Waals surface area contributed by atoms with Crippen molar-refractivity contribution < 1.29 is 4.74 Å². The first-order valence-corrected chi connectivity index (χ1v) is 11.9. The van der Waals surface area contributed by atoms with Crippen molar-refractivity contribution in [3.05, 3.63) is 72.0 Å². The molecule has 0 bridgehead atoms. The summed E-state index contributed by atoms with van der Waals surface area (Å²) in [5.74, 6) is 2.08. The molecule has 0 saturated carbocycles. The molecule has 1 aliphatic heterocycles. The zero-order valence-electron chi connectivity index (χ0n) is 18.4. The molecular weight excluding hydrogens is 432 g/mol. The van der Waals surface area contributed by atoms with Crippen LogP contribution < -0.4 is 20.7 Å². The van der Waals surface area contributed by atoms with Gasteiger partial charge in [0.25, 0.3) is 0 Å². The summed E-state index contributed by atoms with van der Waals surface area (Å²) < 4.78 is 6.26. The Hall–Kier alpha value is -3.49. The number of anilines is 3. The molecule has 1 unspecified atom stereocenters. The molecule has 168 valence electrons. The van der Waals surface area contributed by atoms with E-state index < -0.39 is 0 Å². The van der Waals surface area contributed by atoms with Crippen LogP contribution in [0.3, 0.4) is 0 Å². The third-order valence-electron chi connectivity index (χ3n) is 5.53. The molecule has 1 aliphatic rings. The van der Waals surface area contributed by atoms with E-state index in [1.807, 2.05) is 54.7 Å². The van der Waals surface area contributed by atoms with E-state index in [-0.39, 0.29) is 6.04 Å². The lowest BCUT2D eigenvalue weighted by Gasteiger charge is -2.17. The Morgan fingerprint density at radius 3 is 2.73 bits per heavy atom. The summed E-state index contributed by atoms with van der Waals surface area (Å²) in [5, 5.41) is 5.08. The molecule has 4 heterocycles. The van der Waals surface area contributed by atoms with Gasteiger partial charge in [-0.05, 0) is 31.0 Å². The van der Waals surface area contributed by atoms with Crippen molar-refractivity contribution in [3.63, 3.8) is 0 Å². The minimum Gasteiger partial charge on any atom is -0.444 e. The molecule has 3 aromatic heterocycles. The lowest BCUT2D eigenvalue weighted by Crippen LogP contribution is -2.26. The third-order valence-corrected chi connectivity index (χ3v) is 6.60. The van der Waals surface area contributed by atoms with Crippen LogP contribution >= 0.6 is 11.3 Å². The highest BCUT2D eigenvalue weighted by atomic mass is 32.1. The zero-order chi connectivity index (χ0) is 22.6. The van der Waals surface area contributed by atoms with Crippen molar-refractivity contribution in [1.29, 1.82) is 0 Å².